The van der Waals surface area contributed by atoms with Crippen molar-refractivity contribution in [2.75, 3.05) is 0 Å². The fraction of sp³-hybridized carbons (Fsp3) is 0.857. The van der Waals surface area contributed by atoms with Gasteiger partial charge in [-0.25, -0.2) is 0 Å². The lowest BCUT2D eigenvalue weighted by molar-refractivity contribution is -0.154. The molecule has 0 atom stereocenters. The van der Waals surface area contributed by atoms with Crippen molar-refractivity contribution in [1.82, 2.24) is 0 Å². The molecule has 2 aliphatic rings. The summed E-state index contributed by atoms with van der Waals surface area (Å²) < 4.78 is 5.15. The number of hydrogen-bond acceptors (Lipinski definition) is 2. The second-order valence-corrected chi connectivity index (χ2v) is 3.01. The van der Waals surface area contributed by atoms with Gasteiger partial charge in [-0.1, -0.05) is 0 Å². The Labute approximate surface area is 54.2 Å². The van der Waals surface area contributed by atoms with Crippen LogP contribution in [0.1, 0.15) is 32.1 Å². The first-order valence-electron chi connectivity index (χ1n) is 3.53. The minimum absolute atomic E-state index is 0.00898. The van der Waals surface area contributed by atoms with Crippen LogP contribution in [-0.2, 0) is 9.53 Å². The highest BCUT2D eigenvalue weighted by Gasteiger charge is 2.45. The molecule has 2 nitrogen and oxygen atoms in total. The Kier molecular flexibility index (Phi) is 0.875. The SMILES string of the molecule is O=C1CCC2(CCC2)O1. The normalized spacial score (nSPS) is 30.0. The van der Waals surface area contributed by atoms with Crippen LogP contribution >= 0.6 is 0 Å². The molecule has 1 aliphatic carbocycles. The van der Waals surface area contributed by atoms with E-state index in [2.05, 4.69) is 0 Å². The summed E-state index contributed by atoms with van der Waals surface area (Å²) in [6, 6.07) is 0. The molecule has 2 rings (SSSR count). The predicted molar refractivity (Wildman–Crippen MR) is 31.9 cm³/mol. The summed E-state index contributed by atoms with van der Waals surface area (Å²) in [5, 5.41) is 0. The zero-order chi connectivity index (χ0) is 6.32. The van der Waals surface area contributed by atoms with E-state index in [1.54, 1.807) is 0 Å². The lowest BCUT2D eigenvalue weighted by Crippen LogP contribution is -2.36. The summed E-state index contributed by atoms with van der Waals surface area (Å²) in [5.74, 6) is 0.00898. The average Bonchev–Trinajstić information content (AvgIpc) is 2.09. The van der Waals surface area contributed by atoms with Crippen molar-refractivity contribution in [2.24, 2.45) is 0 Å². The zero-order valence-electron chi connectivity index (χ0n) is 5.35. The molecule has 9 heavy (non-hydrogen) atoms. The molecule has 1 saturated heterocycles. The molecule has 1 heterocycles. The fourth-order valence-electron chi connectivity index (χ4n) is 1.60. The van der Waals surface area contributed by atoms with Crippen LogP contribution < -0.4 is 0 Å². The Morgan fingerprint density at radius 1 is 1.33 bits per heavy atom. The second kappa shape index (κ2) is 1.49. The van der Waals surface area contributed by atoms with E-state index in [0.717, 1.165) is 19.3 Å². The summed E-state index contributed by atoms with van der Waals surface area (Å²) >= 11 is 0. The van der Waals surface area contributed by atoms with Gasteiger partial charge in [0.2, 0.25) is 0 Å². The lowest BCUT2D eigenvalue weighted by Gasteiger charge is -2.35. The molecule has 1 aliphatic heterocycles. The van der Waals surface area contributed by atoms with E-state index in [0.29, 0.717) is 6.42 Å². The Balaban J connectivity index is 2.07. The molecule has 2 heteroatoms. The van der Waals surface area contributed by atoms with Gasteiger partial charge >= 0.3 is 5.97 Å². The van der Waals surface area contributed by atoms with Crippen LogP contribution in [-0.4, -0.2) is 11.6 Å². The molecule has 0 unspecified atom stereocenters. The molecule has 0 aromatic heterocycles. The number of ether oxygens (including phenoxy) is 1. The van der Waals surface area contributed by atoms with E-state index in [4.69, 9.17) is 4.74 Å². The van der Waals surface area contributed by atoms with Gasteiger partial charge in [0.05, 0.1) is 0 Å². The summed E-state index contributed by atoms with van der Waals surface area (Å²) in [7, 11) is 0. The van der Waals surface area contributed by atoms with Crippen molar-refractivity contribution < 1.29 is 9.53 Å². The maximum atomic E-state index is 10.6. The van der Waals surface area contributed by atoms with Gasteiger partial charge in [-0.3, -0.25) is 4.79 Å². The van der Waals surface area contributed by atoms with Crippen molar-refractivity contribution in [3.8, 4) is 0 Å². The number of carbonyl (C=O) groups is 1. The van der Waals surface area contributed by atoms with Crippen LogP contribution in [0.5, 0.6) is 0 Å². The first-order valence-corrected chi connectivity index (χ1v) is 3.53. The fourth-order valence-corrected chi connectivity index (χ4v) is 1.60. The average molecular weight is 126 g/mol. The quantitative estimate of drug-likeness (QED) is 0.456. The summed E-state index contributed by atoms with van der Waals surface area (Å²) in [5.41, 5.74) is 0.0388. The number of rotatable bonds is 0. The van der Waals surface area contributed by atoms with E-state index in [9.17, 15) is 4.79 Å². The molecule has 0 aromatic carbocycles. The summed E-state index contributed by atoms with van der Waals surface area (Å²) in [4.78, 5) is 10.6. The molecule has 1 saturated carbocycles. The third-order valence-corrected chi connectivity index (χ3v) is 2.38. The van der Waals surface area contributed by atoms with Gasteiger partial charge in [-0.05, 0) is 25.7 Å². The van der Waals surface area contributed by atoms with Crippen LogP contribution in [0.4, 0.5) is 0 Å². The van der Waals surface area contributed by atoms with Crippen LogP contribution in [0.15, 0.2) is 0 Å². The second-order valence-electron chi connectivity index (χ2n) is 3.01. The third-order valence-electron chi connectivity index (χ3n) is 2.38. The van der Waals surface area contributed by atoms with Gasteiger partial charge in [0.1, 0.15) is 5.60 Å². The highest BCUT2D eigenvalue weighted by Crippen LogP contribution is 2.43. The largest absolute Gasteiger partial charge is 0.459 e. The molecule has 0 amide bonds. The van der Waals surface area contributed by atoms with E-state index in [-0.39, 0.29) is 11.6 Å². The Morgan fingerprint density at radius 3 is 2.33 bits per heavy atom. The third kappa shape index (κ3) is 0.655. The standard InChI is InChI=1S/C7H10O2/c8-6-2-5-7(9-6)3-1-4-7/h1-5H2. The lowest BCUT2D eigenvalue weighted by atomic mass is 9.78. The van der Waals surface area contributed by atoms with Gasteiger partial charge in [0.25, 0.3) is 0 Å². The minimum Gasteiger partial charge on any atom is -0.459 e. The smallest absolute Gasteiger partial charge is 0.306 e. The minimum atomic E-state index is 0.00898. The molecule has 0 radical (unpaired) electrons. The highest BCUT2D eigenvalue weighted by molar-refractivity contribution is 5.72. The topological polar surface area (TPSA) is 26.3 Å². The van der Waals surface area contributed by atoms with Crippen LogP contribution in [0, 0.1) is 0 Å². The Hall–Kier alpha value is -0.530. The molecule has 0 aromatic rings. The highest BCUT2D eigenvalue weighted by atomic mass is 16.6. The van der Waals surface area contributed by atoms with Crippen LogP contribution in [0.3, 0.4) is 0 Å². The van der Waals surface area contributed by atoms with Crippen molar-refractivity contribution in [2.45, 2.75) is 37.7 Å². The number of hydrogen-bond donors (Lipinski definition) is 0. The Bertz CT molecular complexity index is 147. The molecule has 0 bridgehead atoms. The number of carbonyl (C=O) groups excluding carboxylic acids is 1. The number of esters is 1. The molecule has 1 spiro atoms. The molecule has 50 valence electrons. The predicted octanol–water partition coefficient (Wildman–Crippen LogP) is 1.25. The van der Waals surface area contributed by atoms with Gasteiger partial charge in [0, 0.05) is 6.42 Å². The van der Waals surface area contributed by atoms with Gasteiger partial charge in [-0.15, -0.1) is 0 Å². The van der Waals surface area contributed by atoms with E-state index >= 15 is 0 Å². The van der Waals surface area contributed by atoms with E-state index in [1.807, 2.05) is 0 Å². The summed E-state index contributed by atoms with van der Waals surface area (Å²) in [6.45, 7) is 0. The van der Waals surface area contributed by atoms with Crippen LogP contribution in [0.2, 0.25) is 0 Å². The molecule has 2 fully saturated rings. The Morgan fingerprint density at radius 2 is 2.11 bits per heavy atom. The van der Waals surface area contributed by atoms with Gasteiger partial charge in [-0.2, -0.15) is 0 Å². The molecular formula is C7H10O2. The van der Waals surface area contributed by atoms with Gasteiger partial charge in [0.15, 0.2) is 0 Å². The maximum Gasteiger partial charge on any atom is 0.306 e. The van der Waals surface area contributed by atoms with E-state index in [1.165, 1.54) is 6.42 Å². The molecule has 0 N–H and O–H groups in total. The zero-order valence-corrected chi connectivity index (χ0v) is 5.35. The van der Waals surface area contributed by atoms with Crippen molar-refractivity contribution in [1.29, 1.82) is 0 Å². The van der Waals surface area contributed by atoms with Crippen molar-refractivity contribution in [3.63, 3.8) is 0 Å². The monoisotopic (exact) mass is 126 g/mol. The first kappa shape index (κ1) is 5.27. The van der Waals surface area contributed by atoms with Crippen molar-refractivity contribution in [3.05, 3.63) is 0 Å². The first-order chi connectivity index (χ1) is 4.31. The van der Waals surface area contributed by atoms with Gasteiger partial charge < -0.3 is 4.74 Å². The molecular weight excluding hydrogens is 116 g/mol. The summed E-state index contributed by atoms with van der Waals surface area (Å²) in [6.07, 6.45) is 5.09. The van der Waals surface area contributed by atoms with Crippen LogP contribution in [0.25, 0.3) is 0 Å². The van der Waals surface area contributed by atoms with E-state index < -0.39 is 0 Å². The maximum absolute atomic E-state index is 10.6. The van der Waals surface area contributed by atoms with Crippen molar-refractivity contribution >= 4 is 5.97 Å².